The lowest BCUT2D eigenvalue weighted by atomic mass is 10.0. The maximum Gasteiger partial charge on any atom is 0.420 e. The van der Waals surface area contributed by atoms with Gasteiger partial charge in [0.2, 0.25) is 5.88 Å². The number of hydrogen-bond donors (Lipinski definition) is 2. The Bertz CT molecular complexity index is 1160. The number of nitrogens with one attached hydrogen (secondary N) is 1. The van der Waals surface area contributed by atoms with Crippen molar-refractivity contribution in [3.05, 3.63) is 46.9 Å². The number of rotatable bonds is 3. The highest BCUT2D eigenvalue weighted by Gasteiger charge is 2.37. The summed E-state index contributed by atoms with van der Waals surface area (Å²) in [5.74, 6) is -0.910. The Kier molecular flexibility index (Phi) is 4.23. The van der Waals surface area contributed by atoms with Gasteiger partial charge in [0.05, 0.1) is 18.2 Å². The Morgan fingerprint density at radius 1 is 1.19 bits per heavy atom. The normalized spacial score (nSPS) is 12.5. The molecular weight excluding hydrogens is 393 g/mol. The molecule has 0 saturated heterocycles. The summed E-state index contributed by atoms with van der Waals surface area (Å²) in [6.45, 7) is 0. The van der Waals surface area contributed by atoms with Crippen molar-refractivity contribution in [1.29, 1.82) is 0 Å². The van der Waals surface area contributed by atoms with E-state index in [1.54, 1.807) is 0 Å². The van der Waals surface area contributed by atoms with Gasteiger partial charge in [0.15, 0.2) is 4.77 Å². The highest BCUT2D eigenvalue weighted by Crippen LogP contribution is 2.42. The van der Waals surface area contributed by atoms with Crippen LogP contribution in [0.25, 0.3) is 10.8 Å². The molecule has 0 amide bonds. The van der Waals surface area contributed by atoms with E-state index < -0.39 is 38.3 Å². The van der Waals surface area contributed by atoms with Crippen LogP contribution in [0.15, 0.2) is 41.4 Å². The highest BCUT2D eigenvalue weighted by molar-refractivity contribution is 7.90. The summed E-state index contributed by atoms with van der Waals surface area (Å²) < 4.78 is 71.2. The van der Waals surface area contributed by atoms with Crippen LogP contribution in [0.1, 0.15) is 5.56 Å². The second kappa shape index (κ2) is 6.02. The van der Waals surface area contributed by atoms with Crippen molar-refractivity contribution in [3.8, 4) is 11.6 Å². The topological polar surface area (TPSA) is 84.3 Å². The fraction of sp³-hybridized carbons (Fsp3) is 0.133. The number of methoxy groups -OCH3 is 1. The lowest BCUT2D eigenvalue weighted by molar-refractivity contribution is -0.137. The summed E-state index contributed by atoms with van der Waals surface area (Å²) in [6, 6.07) is 5.80. The number of aromatic amines is 1. The number of nitrogens with zero attached hydrogens (tertiary/aromatic N) is 1. The van der Waals surface area contributed by atoms with Crippen molar-refractivity contribution in [3.63, 3.8) is 0 Å². The fourth-order valence-corrected chi connectivity index (χ4v) is 4.52. The van der Waals surface area contributed by atoms with E-state index in [1.807, 2.05) is 0 Å². The van der Waals surface area contributed by atoms with E-state index in [2.05, 4.69) is 4.98 Å². The van der Waals surface area contributed by atoms with Crippen LogP contribution in [0.3, 0.4) is 0 Å². The van der Waals surface area contributed by atoms with E-state index in [9.17, 15) is 26.7 Å². The molecule has 0 aliphatic heterocycles. The van der Waals surface area contributed by atoms with Gasteiger partial charge in [0.1, 0.15) is 11.3 Å². The molecule has 0 unspecified atom stereocenters. The van der Waals surface area contributed by atoms with Gasteiger partial charge in [-0.2, -0.15) is 13.2 Å². The second-order valence-electron chi connectivity index (χ2n) is 5.24. The van der Waals surface area contributed by atoms with Crippen LogP contribution in [0, 0.1) is 4.77 Å². The molecule has 138 valence electrons. The Labute approximate surface area is 150 Å². The predicted molar refractivity (Wildman–Crippen MR) is 89.4 cm³/mol. The van der Waals surface area contributed by atoms with E-state index in [4.69, 9.17) is 17.0 Å². The third-order valence-electron chi connectivity index (χ3n) is 3.70. The number of ether oxygens (including phenoxy) is 1. The summed E-state index contributed by atoms with van der Waals surface area (Å²) >= 11 is 4.84. The van der Waals surface area contributed by atoms with Gasteiger partial charge < -0.3 is 14.8 Å². The van der Waals surface area contributed by atoms with Crippen LogP contribution in [0.2, 0.25) is 0 Å². The van der Waals surface area contributed by atoms with Gasteiger partial charge >= 0.3 is 6.18 Å². The molecule has 3 aromatic rings. The zero-order valence-electron chi connectivity index (χ0n) is 13.0. The molecule has 0 radical (unpaired) electrons. The van der Waals surface area contributed by atoms with Crippen molar-refractivity contribution in [1.82, 2.24) is 8.96 Å². The number of H-pyrrole nitrogens is 1. The SMILES string of the molecule is COc1ccc2c(S(=O)(=O)n3cc(O)[nH]c3=S)cccc2c1C(F)(F)F. The first-order valence-corrected chi connectivity index (χ1v) is 8.85. The van der Waals surface area contributed by atoms with Gasteiger partial charge in [-0.15, -0.1) is 0 Å². The number of aromatic hydroxyl groups is 1. The lowest BCUT2D eigenvalue weighted by Gasteiger charge is -2.16. The quantitative estimate of drug-likeness (QED) is 0.651. The Balaban J connectivity index is 2.40. The summed E-state index contributed by atoms with van der Waals surface area (Å²) in [5, 5.41) is 8.92. The van der Waals surface area contributed by atoms with Crippen LogP contribution in [0.5, 0.6) is 11.6 Å². The smallest absolute Gasteiger partial charge is 0.420 e. The third-order valence-corrected chi connectivity index (χ3v) is 5.83. The Morgan fingerprint density at radius 3 is 2.42 bits per heavy atom. The summed E-state index contributed by atoms with van der Waals surface area (Å²) in [4.78, 5) is 1.85. The second-order valence-corrected chi connectivity index (χ2v) is 7.41. The largest absolute Gasteiger partial charge is 0.496 e. The van der Waals surface area contributed by atoms with Gasteiger partial charge in [-0.05, 0) is 35.8 Å². The summed E-state index contributed by atoms with van der Waals surface area (Å²) in [5.41, 5.74) is -1.07. The summed E-state index contributed by atoms with van der Waals surface area (Å²) in [7, 11) is -3.25. The lowest BCUT2D eigenvalue weighted by Crippen LogP contribution is -2.14. The van der Waals surface area contributed by atoms with Gasteiger partial charge in [-0.25, -0.2) is 12.4 Å². The molecule has 0 aliphatic rings. The monoisotopic (exact) mass is 404 g/mol. The molecule has 0 atom stereocenters. The molecule has 11 heteroatoms. The minimum absolute atomic E-state index is 0.150. The van der Waals surface area contributed by atoms with Gasteiger partial charge in [-0.1, -0.05) is 12.1 Å². The zero-order valence-corrected chi connectivity index (χ0v) is 14.7. The first kappa shape index (κ1) is 18.3. The number of benzene rings is 2. The Morgan fingerprint density at radius 2 is 1.88 bits per heavy atom. The van der Waals surface area contributed by atoms with Crippen LogP contribution in [-0.4, -0.2) is 29.6 Å². The Hall–Kier alpha value is -2.53. The van der Waals surface area contributed by atoms with E-state index in [1.165, 1.54) is 12.1 Å². The van der Waals surface area contributed by atoms with Crippen LogP contribution >= 0.6 is 12.2 Å². The van der Waals surface area contributed by atoms with E-state index in [-0.39, 0.29) is 15.5 Å². The minimum atomic E-state index is -4.75. The number of aromatic nitrogens is 2. The van der Waals surface area contributed by atoms with Crippen LogP contribution in [0.4, 0.5) is 13.2 Å². The maximum absolute atomic E-state index is 13.5. The average molecular weight is 404 g/mol. The first-order valence-electron chi connectivity index (χ1n) is 7.00. The standard InChI is InChI=1S/C15H11F3N2O4S2/c1-24-10-6-5-8-9(13(10)15(16,17)18)3-2-4-11(8)26(22,23)20-7-12(21)19-14(20)25/h2-7,21H,1H3,(H,19,25). The molecule has 1 heterocycles. The average Bonchev–Trinajstić information content (AvgIpc) is 2.91. The molecule has 0 fully saturated rings. The van der Waals surface area contributed by atoms with Crippen molar-refractivity contribution >= 4 is 33.0 Å². The molecule has 0 saturated carbocycles. The van der Waals surface area contributed by atoms with Crippen molar-refractivity contribution in [2.24, 2.45) is 0 Å². The number of alkyl halides is 3. The predicted octanol–water partition coefficient (Wildman–Crippen LogP) is 3.67. The van der Waals surface area contributed by atoms with Gasteiger partial charge in [0, 0.05) is 5.39 Å². The molecular formula is C15H11F3N2O4S2. The van der Waals surface area contributed by atoms with Crippen molar-refractivity contribution < 1.29 is 31.4 Å². The number of imidazole rings is 1. The van der Waals surface area contributed by atoms with Crippen LogP contribution in [-0.2, 0) is 16.2 Å². The van der Waals surface area contributed by atoms with E-state index >= 15 is 0 Å². The zero-order chi connectivity index (χ0) is 19.3. The molecule has 1 aromatic heterocycles. The molecule has 2 N–H and O–H groups in total. The number of halogens is 3. The first-order chi connectivity index (χ1) is 12.1. The molecule has 0 spiro atoms. The fourth-order valence-electron chi connectivity index (χ4n) is 2.65. The summed E-state index contributed by atoms with van der Waals surface area (Å²) in [6.07, 6.45) is -3.92. The molecule has 3 rings (SSSR count). The number of fused-ring (bicyclic) bond motifs is 1. The molecule has 0 bridgehead atoms. The molecule has 26 heavy (non-hydrogen) atoms. The van der Waals surface area contributed by atoms with Crippen molar-refractivity contribution in [2.45, 2.75) is 11.1 Å². The molecule has 6 nitrogen and oxygen atoms in total. The van der Waals surface area contributed by atoms with Crippen molar-refractivity contribution in [2.75, 3.05) is 7.11 Å². The number of hydrogen-bond acceptors (Lipinski definition) is 5. The highest BCUT2D eigenvalue weighted by atomic mass is 32.2. The third kappa shape index (κ3) is 2.82. The van der Waals surface area contributed by atoms with E-state index in [0.717, 1.165) is 31.5 Å². The van der Waals surface area contributed by atoms with E-state index in [0.29, 0.717) is 3.97 Å². The van der Waals surface area contributed by atoms with Gasteiger partial charge in [0.25, 0.3) is 10.0 Å². The minimum Gasteiger partial charge on any atom is -0.496 e. The van der Waals surface area contributed by atoms with Gasteiger partial charge in [-0.3, -0.25) is 0 Å². The van der Waals surface area contributed by atoms with Crippen LogP contribution < -0.4 is 4.74 Å². The molecule has 0 aliphatic carbocycles. The molecule has 2 aromatic carbocycles. The maximum atomic E-state index is 13.5.